The molecule has 142 valence electrons. The fourth-order valence-electron chi connectivity index (χ4n) is 1.60. The van der Waals surface area contributed by atoms with Crippen molar-refractivity contribution in [3.8, 4) is 0 Å². The molecule has 0 aromatic carbocycles. The first-order valence-electron chi connectivity index (χ1n) is 5.44. The third-order valence-electron chi connectivity index (χ3n) is 2.99. The Morgan fingerprint density at radius 1 is 0.708 bits per heavy atom. The first kappa shape index (κ1) is 20.7. The maximum absolute atomic E-state index is 13.7. The molecule has 1 fully saturated rings. The van der Waals surface area contributed by atoms with Crippen molar-refractivity contribution in [2.24, 2.45) is 0 Å². The Balaban J connectivity index is 3.43. The van der Waals surface area contributed by atoms with Gasteiger partial charge in [-0.15, -0.1) is 0 Å². The van der Waals surface area contributed by atoms with E-state index < -0.39 is 54.8 Å². The van der Waals surface area contributed by atoms with Crippen molar-refractivity contribution in [1.82, 2.24) is 0 Å². The average Bonchev–Trinajstić information content (AvgIpc) is 2.44. The molecule has 0 aromatic rings. The van der Waals surface area contributed by atoms with Crippen LogP contribution in [-0.4, -0.2) is 59.9 Å². The number of alkyl halides is 11. The van der Waals surface area contributed by atoms with Gasteiger partial charge in [-0.3, -0.25) is 4.74 Å². The van der Waals surface area contributed by atoms with Gasteiger partial charge in [0.1, 0.15) is 6.61 Å². The van der Waals surface area contributed by atoms with Crippen LogP contribution in [0.4, 0.5) is 48.3 Å². The zero-order valence-electron chi connectivity index (χ0n) is 10.7. The number of carbonyl (C=O) groups is 1. The molecule has 0 aliphatic heterocycles. The molecule has 0 amide bonds. The maximum atomic E-state index is 13.7. The van der Waals surface area contributed by atoms with E-state index in [0.29, 0.717) is 0 Å². The standard InChI is InChI=1S/C9H5F11O4/c10-4(11)5(12,13)7(16,17)9(20,8(18,19)6(4,14)15)24-2-23-3(22)1-21/h21H,1-2H2. The molecule has 1 saturated carbocycles. The van der Waals surface area contributed by atoms with Crippen LogP contribution in [-0.2, 0) is 14.3 Å². The summed E-state index contributed by atoms with van der Waals surface area (Å²) in [6.07, 6.45) is 0. The summed E-state index contributed by atoms with van der Waals surface area (Å²) in [7, 11) is 0. The lowest BCUT2D eigenvalue weighted by Gasteiger charge is -2.51. The molecule has 0 aromatic heterocycles. The van der Waals surface area contributed by atoms with E-state index >= 15 is 0 Å². The molecule has 0 bridgehead atoms. The van der Waals surface area contributed by atoms with Crippen LogP contribution < -0.4 is 0 Å². The molecule has 24 heavy (non-hydrogen) atoms. The van der Waals surface area contributed by atoms with E-state index in [9.17, 15) is 53.1 Å². The lowest BCUT2D eigenvalue weighted by atomic mass is 9.78. The molecule has 0 unspecified atom stereocenters. The van der Waals surface area contributed by atoms with Crippen molar-refractivity contribution in [3.05, 3.63) is 0 Å². The fraction of sp³-hybridized carbons (Fsp3) is 0.889. The second-order valence-electron chi connectivity index (χ2n) is 4.40. The van der Waals surface area contributed by atoms with Crippen LogP contribution in [0.5, 0.6) is 0 Å². The number of ether oxygens (including phenoxy) is 2. The van der Waals surface area contributed by atoms with Crippen LogP contribution in [0.15, 0.2) is 0 Å². The van der Waals surface area contributed by atoms with Gasteiger partial charge in [0.05, 0.1) is 0 Å². The van der Waals surface area contributed by atoms with Crippen molar-refractivity contribution in [3.63, 3.8) is 0 Å². The Kier molecular flexibility index (Phi) is 4.57. The highest BCUT2D eigenvalue weighted by Gasteiger charge is 3.02. The molecule has 1 aliphatic carbocycles. The summed E-state index contributed by atoms with van der Waals surface area (Å²) in [4.78, 5) is 10.4. The quantitative estimate of drug-likeness (QED) is 0.458. The number of halogens is 11. The number of hydrogen-bond donors (Lipinski definition) is 1. The van der Waals surface area contributed by atoms with Gasteiger partial charge in [0.2, 0.25) is 0 Å². The summed E-state index contributed by atoms with van der Waals surface area (Å²) in [5.41, 5.74) is 0. The first-order valence-corrected chi connectivity index (χ1v) is 5.44. The third-order valence-corrected chi connectivity index (χ3v) is 2.99. The van der Waals surface area contributed by atoms with E-state index in [2.05, 4.69) is 9.47 Å². The number of esters is 1. The number of hydrogen-bond acceptors (Lipinski definition) is 4. The Bertz CT molecular complexity index is 488. The van der Waals surface area contributed by atoms with Crippen molar-refractivity contribution < 1.29 is 67.7 Å². The molecule has 0 spiro atoms. The van der Waals surface area contributed by atoms with Gasteiger partial charge in [-0.2, -0.15) is 48.3 Å². The summed E-state index contributed by atoms with van der Waals surface area (Å²) < 4.78 is 150. The van der Waals surface area contributed by atoms with Gasteiger partial charge in [-0.25, -0.2) is 4.79 Å². The molecule has 15 heteroatoms. The number of aliphatic hydroxyl groups is 1. The van der Waals surface area contributed by atoms with Gasteiger partial charge in [-0.05, 0) is 0 Å². The number of carbonyl (C=O) groups excluding carboxylic acids is 1. The molecule has 0 radical (unpaired) electrons. The summed E-state index contributed by atoms with van der Waals surface area (Å²) in [5.74, 6) is -44.8. The van der Waals surface area contributed by atoms with Crippen LogP contribution in [0.25, 0.3) is 0 Å². The van der Waals surface area contributed by atoms with Gasteiger partial charge in [0.15, 0.2) is 6.79 Å². The van der Waals surface area contributed by atoms with E-state index in [1.807, 2.05) is 0 Å². The van der Waals surface area contributed by atoms with E-state index in [1.54, 1.807) is 0 Å². The molecular weight excluding hydrogens is 381 g/mol. The first-order chi connectivity index (χ1) is 10.5. The Morgan fingerprint density at radius 2 is 1.04 bits per heavy atom. The second kappa shape index (κ2) is 5.31. The van der Waals surface area contributed by atoms with Crippen molar-refractivity contribution >= 4 is 5.97 Å². The highest BCUT2D eigenvalue weighted by Crippen LogP contribution is 2.69. The van der Waals surface area contributed by atoms with Crippen LogP contribution in [0.3, 0.4) is 0 Å². The minimum atomic E-state index is -7.35. The number of rotatable bonds is 4. The summed E-state index contributed by atoms with van der Waals surface area (Å²) in [6.45, 7) is -3.93. The Hall–Kier alpha value is -1.38. The van der Waals surface area contributed by atoms with Gasteiger partial charge in [0.25, 0.3) is 0 Å². The van der Waals surface area contributed by atoms with Gasteiger partial charge in [0, 0.05) is 0 Å². The topological polar surface area (TPSA) is 55.8 Å². The van der Waals surface area contributed by atoms with Crippen LogP contribution in [0.1, 0.15) is 0 Å². The molecule has 1 rings (SSSR count). The highest BCUT2D eigenvalue weighted by atomic mass is 19.4. The summed E-state index contributed by atoms with van der Waals surface area (Å²) in [6, 6.07) is 0. The monoisotopic (exact) mass is 386 g/mol. The Labute approximate surface area is 124 Å². The van der Waals surface area contributed by atoms with Crippen molar-refractivity contribution in [1.29, 1.82) is 0 Å². The van der Waals surface area contributed by atoms with Crippen LogP contribution in [0.2, 0.25) is 0 Å². The smallest absolute Gasteiger partial charge is 0.384 e. The summed E-state index contributed by atoms with van der Waals surface area (Å²) in [5, 5.41) is 8.12. The zero-order valence-corrected chi connectivity index (χ0v) is 10.7. The van der Waals surface area contributed by atoms with Crippen molar-refractivity contribution in [2.75, 3.05) is 13.4 Å². The minimum absolute atomic E-state index is 1.54. The lowest BCUT2D eigenvalue weighted by molar-refractivity contribution is -0.527. The van der Waals surface area contributed by atoms with E-state index in [1.165, 1.54) is 0 Å². The normalized spacial score (nSPS) is 28.2. The van der Waals surface area contributed by atoms with E-state index in [0.717, 1.165) is 0 Å². The number of aliphatic hydroxyl groups excluding tert-OH is 1. The largest absolute Gasteiger partial charge is 0.437 e. The van der Waals surface area contributed by atoms with Crippen LogP contribution >= 0.6 is 0 Å². The average molecular weight is 386 g/mol. The third kappa shape index (κ3) is 2.09. The molecule has 1 aliphatic rings. The predicted octanol–water partition coefficient (Wildman–Crippen LogP) is 2.35. The lowest BCUT2D eigenvalue weighted by Crippen LogP contribution is -2.84. The fourth-order valence-corrected chi connectivity index (χ4v) is 1.60. The molecular formula is C9H5F11O4. The van der Waals surface area contributed by atoms with Crippen molar-refractivity contribution in [2.45, 2.75) is 35.5 Å². The van der Waals surface area contributed by atoms with Crippen LogP contribution in [0, 0.1) is 0 Å². The minimum Gasteiger partial charge on any atom is -0.437 e. The maximum Gasteiger partial charge on any atom is 0.384 e. The molecule has 4 nitrogen and oxygen atoms in total. The summed E-state index contributed by atoms with van der Waals surface area (Å²) >= 11 is 0. The molecule has 1 N–H and O–H groups in total. The van der Waals surface area contributed by atoms with E-state index in [-0.39, 0.29) is 0 Å². The second-order valence-corrected chi connectivity index (χ2v) is 4.40. The van der Waals surface area contributed by atoms with Gasteiger partial charge in [-0.1, -0.05) is 0 Å². The highest BCUT2D eigenvalue weighted by molar-refractivity contribution is 5.70. The SMILES string of the molecule is O=C(CO)OCOC1(F)C(F)(F)C(F)(F)C(F)(F)C(F)(F)C1(F)F. The van der Waals surface area contributed by atoms with Gasteiger partial charge < -0.3 is 9.84 Å². The zero-order chi connectivity index (χ0) is 19.4. The van der Waals surface area contributed by atoms with Gasteiger partial charge >= 0.3 is 41.4 Å². The molecule has 0 atom stereocenters. The predicted molar refractivity (Wildman–Crippen MR) is 47.7 cm³/mol. The molecule has 0 heterocycles. The Morgan fingerprint density at radius 3 is 1.38 bits per heavy atom. The van der Waals surface area contributed by atoms with E-state index in [4.69, 9.17) is 5.11 Å². The molecule has 0 saturated heterocycles.